The molecular formula is C22H23N3O4. The van der Waals surface area contributed by atoms with Crippen molar-refractivity contribution in [2.45, 2.75) is 31.7 Å². The molecule has 4 rings (SSSR count). The van der Waals surface area contributed by atoms with Gasteiger partial charge in [0.15, 0.2) is 0 Å². The maximum absolute atomic E-state index is 12.8. The van der Waals surface area contributed by atoms with Crippen LogP contribution in [-0.4, -0.2) is 44.5 Å². The standard InChI is InChI=1S/C22H23N3O4/c26-20(11-13-25-19-6-2-1-5-18(19)23-22(25)29)24-12-3-4-17(14-24)15-7-9-16(10-8-15)21(27)28/h1-2,5-10,17H,3-4,11-14H2,(H,23,29)(H,27,28)/t17-/m0/s1. The summed E-state index contributed by atoms with van der Waals surface area (Å²) in [6, 6.07) is 14.4. The van der Waals surface area contributed by atoms with Crippen molar-refractivity contribution in [3.05, 3.63) is 70.1 Å². The molecule has 1 fully saturated rings. The first kappa shape index (κ1) is 19.0. The summed E-state index contributed by atoms with van der Waals surface area (Å²) in [5.74, 6) is -0.704. The summed E-state index contributed by atoms with van der Waals surface area (Å²) in [6.07, 6.45) is 2.15. The summed E-state index contributed by atoms with van der Waals surface area (Å²) in [4.78, 5) is 40.7. The van der Waals surface area contributed by atoms with Gasteiger partial charge < -0.3 is 15.0 Å². The number of nitrogens with one attached hydrogen (secondary N) is 1. The van der Waals surface area contributed by atoms with E-state index in [0.29, 0.717) is 19.6 Å². The number of amides is 1. The summed E-state index contributed by atoms with van der Waals surface area (Å²) >= 11 is 0. The number of para-hydroxylation sites is 2. The van der Waals surface area contributed by atoms with E-state index in [0.717, 1.165) is 29.4 Å². The molecule has 1 aliphatic rings. The van der Waals surface area contributed by atoms with Crippen LogP contribution in [0.5, 0.6) is 0 Å². The number of imidazole rings is 1. The zero-order valence-corrected chi connectivity index (χ0v) is 16.0. The van der Waals surface area contributed by atoms with Crippen LogP contribution in [0.4, 0.5) is 0 Å². The first-order valence-corrected chi connectivity index (χ1v) is 9.81. The first-order valence-electron chi connectivity index (χ1n) is 9.81. The highest BCUT2D eigenvalue weighted by Gasteiger charge is 2.25. The topological polar surface area (TPSA) is 95.4 Å². The molecule has 0 saturated carbocycles. The third kappa shape index (κ3) is 3.94. The number of likely N-dealkylation sites (tertiary alicyclic amines) is 1. The van der Waals surface area contributed by atoms with Crippen LogP contribution < -0.4 is 5.69 Å². The average Bonchev–Trinajstić information content (AvgIpc) is 3.07. The normalized spacial score (nSPS) is 16.8. The van der Waals surface area contributed by atoms with E-state index < -0.39 is 5.97 Å². The zero-order chi connectivity index (χ0) is 20.4. The molecule has 2 heterocycles. The minimum absolute atomic E-state index is 0.0361. The Labute approximate surface area is 167 Å². The van der Waals surface area contributed by atoms with Crippen molar-refractivity contribution in [2.24, 2.45) is 0 Å². The van der Waals surface area contributed by atoms with Crippen molar-refractivity contribution in [3.63, 3.8) is 0 Å². The van der Waals surface area contributed by atoms with E-state index in [-0.39, 0.29) is 29.5 Å². The van der Waals surface area contributed by atoms with Crippen molar-refractivity contribution < 1.29 is 14.7 Å². The number of H-pyrrole nitrogens is 1. The van der Waals surface area contributed by atoms with Gasteiger partial charge in [0.1, 0.15) is 0 Å². The summed E-state index contributed by atoms with van der Waals surface area (Å²) in [6.45, 7) is 1.68. The van der Waals surface area contributed by atoms with E-state index in [1.807, 2.05) is 41.3 Å². The minimum Gasteiger partial charge on any atom is -0.478 e. The molecule has 0 unspecified atom stereocenters. The number of hydrogen-bond acceptors (Lipinski definition) is 3. The van der Waals surface area contributed by atoms with Crippen molar-refractivity contribution >= 4 is 22.9 Å². The molecule has 7 heteroatoms. The minimum atomic E-state index is -0.940. The van der Waals surface area contributed by atoms with Crippen molar-refractivity contribution in [1.29, 1.82) is 0 Å². The van der Waals surface area contributed by atoms with Crippen molar-refractivity contribution in [1.82, 2.24) is 14.5 Å². The van der Waals surface area contributed by atoms with Gasteiger partial charge in [0.05, 0.1) is 16.6 Å². The van der Waals surface area contributed by atoms with E-state index >= 15 is 0 Å². The van der Waals surface area contributed by atoms with E-state index in [1.165, 1.54) is 0 Å². The number of aromatic carboxylic acids is 1. The number of aryl methyl sites for hydroxylation is 1. The summed E-state index contributed by atoms with van der Waals surface area (Å²) in [5.41, 5.74) is 2.70. The highest BCUT2D eigenvalue weighted by molar-refractivity contribution is 5.87. The summed E-state index contributed by atoms with van der Waals surface area (Å²) in [7, 11) is 0. The predicted molar refractivity (Wildman–Crippen MR) is 109 cm³/mol. The maximum Gasteiger partial charge on any atom is 0.335 e. The number of benzene rings is 2. The highest BCUT2D eigenvalue weighted by Crippen LogP contribution is 2.27. The van der Waals surface area contributed by atoms with E-state index in [1.54, 1.807) is 16.7 Å². The maximum atomic E-state index is 12.8. The Kier molecular flexibility index (Phi) is 5.20. The van der Waals surface area contributed by atoms with Gasteiger partial charge in [-0.3, -0.25) is 9.36 Å². The average molecular weight is 393 g/mol. The fourth-order valence-electron chi connectivity index (χ4n) is 4.07. The van der Waals surface area contributed by atoms with Gasteiger partial charge in [0.2, 0.25) is 5.91 Å². The van der Waals surface area contributed by atoms with Crippen LogP contribution in [0, 0.1) is 0 Å². The van der Waals surface area contributed by atoms with Crippen molar-refractivity contribution in [3.8, 4) is 0 Å². The zero-order valence-electron chi connectivity index (χ0n) is 16.0. The molecular weight excluding hydrogens is 370 g/mol. The fourth-order valence-corrected chi connectivity index (χ4v) is 4.07. The van der Waals surface area contributed by atoms with E-state index in [4.69, 9.17) is 5.11 Å². The Bertz CT molecular complexity index is 1100. The lowest BCUT2D eigenvalue weighted by atomic mass is 9.90. The molecule has 1 amide bonds. The number of fused-ring (bicyclic) bond motifs is 1. The van der Waals surface area contributed by atoms with Gasteiger partial charge in [0, 0.05) is 32.0 Å². The molecule has 1 aromatic heterocycles. The second kappa shape index (κ2) is 7.95. The van der Waals surface area contributed by atoms with Gasteiger partial charge in [-0.2, -0.15) is 0 Å². The van der Waals surface area contributed by atoms with Crippen LogP contribution in [0.25, 0.3) is 11.0 Å². The molecule has 1 atom stereocenters. The lowest BCUT2D eigenvalue weighted by Gasteiger charge is -2.33. The molecule has 2 aromatic carbocycles. The lowest BCUT2D eigenvalue weighted by Crippen LogP contribution is -2.39. The number of carboxylic acids is 1. The molecule has 2 N–H and O–H groups in total. The molecule has 7 nitrogen and oxygen atoms in total. The van der Waals surface area contributed by atoms with E-state index in [2.05, 4.69) is 4.98 Å². The SMILES string of the molecule is O=C(O)c1ccc([C@H]2CCCN(C(=O)CCn3c(=O)[nH]c4ccccc43)C2)cc1. The number of hydrogen-bond donors (Lipinski definition) is 2. The molecule has 3 aromatic rings. The monoisotopic (exact) mass is 393 g/mol. The third-order valence-corrected chi connectivity index (χ3v) is 5.63. The lowest BCUT2D eigenvalue weighted by molar-refractivity contribution is -0.132. The Balaban J connectivity index is 1.41. The number of aromatic nitrogens is 2. The van der Waals surface area contributed by atoms with Crippen molar-refractivity contribution in [2.75, 3.05) is 13.1 Å². The largest absolute Gasteiger partial charge is 0.478 e. The van der Waals surface area contributed by atoms with Crippen LogP contribution in [-0.2, 0) is 11.3 Å². The Morgan fingerprint density at radius 1 is 1.10 bits per heavy atom. The van der Waals surface area contributed by atoms with Crippen LogP contribution >= 0.6 is 0 Å². The smallest absolute Gasteiger partial charge is 0.335 e. The van der Waals surface area contributed by atoms with Crippen LogP contribution in [0.2, 0.25) is 0 Å². The number of carbonyl (C=O) groups is 2. The molecule has 0 bridgehead atoms. The quantitative estimate of drug-likeness (QED) is 0.697. The molecule has 29 heavy (non-hydrogen) atoms. The molecule has 0 spiro atoms. The molecule has 0 radical (unpaired) electrons. The Hall–Kier alpha value is -3.35. The number of aromatic amines is 1. The second-order valence-corrected chi connectivity index (χ2v) is 7.46. The number of carbonyl (C=O) groups excluding carboxylic acids is 1. The van der Waals surface area contributed by atoms with Crippen LogP contribution in [0.1, 0.15) is 41.1 Å². The number of carboxylic acid groups (broad SMARTS) is 1. The molecule has 1 saturated heterocycles. The second-order valence-electron chi connectivity index (χ2n) is 7.46. The van der Waals surface area contributed by atoms with Crippen LogP contribution in [0.15, 0.2) is 53.3 Å². The van der Waals surface area contributed by atoms with Gasteiger partial charge in [0.25, 0.3) is 0 Å². The first-order chi connectivity index (χ1) is 14.0. The fraction of sp³-hybridized carbons (Fsp3) is 0.318. The van der Waals surface area contributed by atoms with Gasteiger partial charge in [-0.25, -0.2) is 9.59 Å². The highest BCUT2D eigenvalue weighted by atomic mass is 16.4. The van der Waals surface area contributed by atoms with Gasteiger partial charge in [-0.1, -0.05) is 24.3 Å². The number of rotatable bonds is 5. The Morgan fingerprint density at radius 3 is 2.62 bits per heavy atom. The molecule has 150 valence electrons. The van der Waals surface area contributed by atoms with E-state index in [9.17, 15) is 14.4 Å². The van der Waals surface area contributed by atoms with Gasteiger partial charge >= 0.3 is 11.7 Å². The number of piperidine rings is 1. The van der Waals surface area contributed by atoms with Crippen LogP contribution in [0.3, 0.4) is 0 Å². The Morgan fingerprint density at radius 2 is 1.86 bits per heavy atom. The molecule has 1 aliphatic heterocycles. The van der Waals surface area contributed by atoms with Gasteiger partial charge in [-0.05, 0) is 42.7 Å². The summed E-state index contributed by atoms with van der Waals surface area (Å²) < 4.78 is 1.61. The number of nitrogens with zero attached hydrogens (tertiary/aromatic N) is 2. The predicted octanol–water partition coefficient (Wildman–Crippen LogP) is 2.82. The van der Waals surface area contributed by atoms with Gasteiger partial charge in [-0.15, -0.1) is 0 Å². The third-order valence-electron chi connectivity index (χ3n) is 5.63. The summed E-state index contributed by atoms with van der Waals surface area (Å²) in [5, 5.41) is 9.04. The molecule has 0 aliphatic carbocycles.